The molecular weight excluding hydrogens is 296 g/mol. The normalized spacial score (nSPS) is 12.9. The van der Waals surface area contributed by atoms with E-state index in [9.17, 15) is 8.42 Å². The third-order valence-corrected chi connectivity index (χ3v) is 5.77. The Labute approximate surface area is 128 Å². The molecule has 0 aliphatic carbocycles. The van der Waals surface area contributed by atoms with E-state index < -0.39 is 10.0 Å². The van der Waals surface area contributed by atoms with E-state index in [-0.39, 0.29) is 25.0 Å². The van der Waals surface area contributed by atoms with Gasteiger partial charge < -0.3 is 5.73 Å². The van der Waals surface area contributed by atoms with E-state index in [0.29, 0.717) is 4.90 Å². The number of rotatable bonds is 4. The van der Waals surface area contributed by atoms with Gasteiger partial charge in [-0.1, -0.05) is 0 Å². The van der Waals surface area contributed by atoms with Gasteiger partial charge in [0.25, 0.3) is 0 Å². The van der Waals surface area contributed by atoms with Crippen LogP contribution < -0.4 is 10.5 Å². The Morgan fingerprint density at radius 2 is 1.30 bits per heavy atom. The van der Waals surface area contributed by atoms with Gasteiger partial charge in [-0.25, -0.2) is 13.1 Å². The molecule has 0 saturated carbocycles. The van der Waals surface area contributed by atoms with Gasteiger partial charge in [0.05, 0.1) is 4.90 Å². The highest BCUT2D eigenvalue weighted by atomic mass is 35.5. The third-order valence-electron chi connectivity index (χ3n) is 3.91. The molecule has 116 valence electrons. The van der Waals surface area contributed by atoms with Gasteiger partial charge in [-0.3, -0.25) is 0 Å². The van der Waals surface area contributed by atoms with Crippen molar-refractivity contribution in [3.8, 4) is 0 Å². The minimum absolute atomic E-state index is 0. The number of benzene rings is 1. The van der Waals surface area contributed by atoms with Crippen molar-refractivity contribution >= 4 is 22.4 Å². The summed E-state index contributed by atoms with van der Waals surface area (Å²) in [7, 11) is -3.52. The van der Waals surface area contributed by atoms with Gasteiger partial charge >= 0.3 is 0 Å². The maximum atomic E-state index is 12.5. The van der Waals surface area contributed by atoms with Crippen molar-refractivity contribution in [1.82, 2.24) is 4.72 Å². The van der Waals surface area contributed by atoms with Crippen LogP contribution in [0.3, 0.4) is 0 Å². The van der Waals surface area contributed by atoms with Gasteiger partial charge in [0.1, 0.15) is 0 Å². The summed E-state index contributed by atoms with van der Waals surface area (Å²) < 4.78 is 27.6. The van der Waals surface area contributed by atoms with Crippen LogP contribution in [-0.4, -0.2) is 21.0 Å². The largest absolute Gasteiger partial charge is 0.329 e. The molecule has 0 radical (unpaired) electrons. The minimum Gasteiger partial charge on any atom is -0.329 e. The molecule has 0 aromatic heterocycles. The average molecular weight is 321 g/mol. The molecule has 1 aromatic carbocycles. The van der Waals surface area contributed by atoms with Gasteiger partial charge in [0, 0.05) is 12.6 Å². The van der Waals surface area contributed by atoms with Crippen LogP contribution in [0.15, 0.2) is 4.90 Å². The van der Waals surface area contributed by atoms with Crippen LogP contribution in [0.1, 0.15) is 34.7 Å². The summed E-state index contributed by atoms with van der Waals surface area (Å²) in [5.41, 5.74) is 10.3. The lowest BCUT2D eigenvalue weighted by Gasteiger charge is -2.20. The molecule has 4 nitrogen and oxygen atoms in total. The highest BCUT2D eigenvalue weighted by molar-refractivity contribution is 7.89. The summed E-state index contributed by atoms with van der Waals surface area (Å²) in [6.07, 6.45) is 0. The first-order valence-corrected chi connectivity index (χ1v) is 7.91. The molecule has 20 heavy (non-hydrogen) atoms. The first-order valence-electron chi connectivity index (χ1n) is 6.42. The standard InChI is InChI=1S/C14H24N2O2S.ClH/c1-8(7-15)16-19(17,18)14-12(5)10(3)9(2)11(4)13(14)6;/h8,16H,7,15H2,1-6H3;1H/t8-;/m1./s1. The van der Waals surface area contributed by atoms with E-state index in [0.717, 1.165) is 27.8 Å². The van der Waals surface area contributed by atoms with Crippen molar-refractivity contribution in [2.75, 3.05) is 6.54 Å². The van der Waals surface area contributed by atoms with Crippen LogP contribution >= 0.6 is 12.4 Å². The monoisotopic (exact) mass is 320 g/mol. The fourth-order valence-corrected chi connectivity index (χ4v) is 4.10. The zero-order valence-electron chi connectivity index (χ0n) is 13.0. The van der Waals surface area contributed by atoms with E-state index in [1.165, 1.54) is 0 Å². The number of nitrogens with one attached hydrogen (secondary N) is 1. The summed E-state index contributed by atoms with van der Waals surface area (Å²) in [4.78, 5) is 0.397. The van der Waals surface area contributed by atoms with E-state index in [4.69, 9.17) is 5.73 Å². The molecule has 1 rings (SSSR count). The zero-order valence-corrected chi connectivity index (χ0v) is 14.6. The van der Waals surface area contributed by atoms with Gasteiger partial charge in [0.2, 0.25) is 10.0 Å². The molecule has 3 N–H and O–H groups in total. The van der Waals surface area contributed by atoms with E-state index in [1.54, 1.807) is 6.92 Å². The molecule has 1 atom stereocenters. The lowest BCUT2D eigenvalue weighted by atomic mass is 9.95. The Balaban J connectivity index is 0.00000361. The predicted molar refractivity (Wildman–Crippen MR) is 86.2 cm³/mol. The molecule has 0 fully saturated rings. The van der Waals surface area contributed by atoms with Crippen LogP contribution in [0, 0.1) is 34.6 Å². The molecule has 0 spiro atoms. The van der Waals surface area contributed by atoms with Crippen molar-refractivity contribution in [2.24, 2.45) is 5.73 Å². The zero-order chi connectivity index (χ0) is 15.0. The second-order valence-electron chi connectivity index (χ2n) is 5.21. The average Bonchev–Trinajstić information content (AvgIpc) is 2.33. The van der Waals surface area contributed by atoms with Crippen molar-refractivity contribution in [2.45, 2.75) is 52.5 Å². The van der Waals surface area contributed by atoms with Crippen molar-refractivity contribution in [3.63, 3.8) is 0 Å². The molecule has 0 amide bonds. The molecule has 0 saturated heterocycles. The summed E-state index contributed by atoms with van der Waals surface area (Å²) in [5, 5.41) is 0. The SMILES string of the molecule is Cc1c(C)c(C)c(S(=O)(=O)N[C@H](C)CN)c(C)c1C.Cl. The van der Waals surface area contributed by atoms with E-state index in [2.05, 4.69) is 4.72 Å². The number of nitrogens with two attached hydrogens (primary N) is 1. The fourth-order valence-electron chi connectivity index (χ4n) is 2.24. The molecule has 0 aliphatic rings. The van der Waals surface area contributed by atoms with Crippen molar-refractivity contribution < 1.29 is 8.42 Å². The molecule has 0 aliphatic heterocycles. The summed E-state index contributed by atoms with van der Waals surface area (Å²) in [6, 6.07) is -0.272. The highest BCUT2D eigenvalue weighted by Gasteiger charge is 2.24. The Morgan fingerprint density at radius 3 is 1.65 bits per heavy atom. The van der Waals surface area contributed by atoms with Crippen LogP contribution in [0.25, 0.3) is 0 Å². The van der Waals surface area contributed by atoms with Gasteiger partial charge in [-0.15, -0.1) is 12.4 Å². The van der Waals surface area contributed by atoms with Crippen molar-refractivity contribution in [1.29, 1.82) is 0 Å². The first kappa shape index (κ1) is 19.4. The first-order chi connectivity index (χ1) is 8.63. The number of hydrogen-bond acceptors (Lipinski definition) is 3. The molecule has 1 aromatic rings. The van der Waals surface area contributed by atoms with Gasteiger partial charge in [-0.05, 0) is 69.4 Å². The smallest absolute Gasteiger partial charge is 0.241 e. The quantitative estimate of drug-likeness (QED) is 0.894. The van der Waals surface area contributed by atoms with Crippen LogP contribution in [-0.2, 0) is 10.0 Å². The minimum atomic E-state index is -3.52. The lowest BCUT2D eigenvalue weighted by molar-refractivity contribution is 0.561. The van der Waals surface area contributed by atoms with E-state index >= 15 is 0 Å². The Hall–Kier alpha value is -0.620. The van der Waals surface area contributed by atoms with Gasteiger partial charge in [-0.2, -0.15) is 0 Å². The molecular formula is C14H25ClN2O2S. The fraction of sp³-hybridized carbons (Fsp3) is 0.571. The Morgan fingerprint density at radius 1 is 0.950 bits per heavy atom. The van der Waals surface area contributed by atoms with Crippen LogP contribution in [0.5, 0.6) is 0 Å². The highest BCUT2D eigenvalue weighted by Crippen LogP contribution is 2.29. The van der Waals surface area contributed by atoms with Crippen LogP contribution in [0.4, 0.5) is 0 Å². The van der Waals surface area contributed by atoms with E-state index in [1.807, 2.05) is 34.6 Å². The molecule has 0 heterocycles. The summed E-state index contributed by atoms with van der Waals surface area (Å²) in [5.74, 6) is 0. The Kier molecular flexibility index (Phi) is 6.68. The number of halogens is 1. The summed E-state index contributed by atoms with van der Waals surface area (Å²) >= 11 is 0. The predicted octanol–water partition coefficient (Wildman–Crippen LogP) is 2.28. The van der Waals surface area contributed by atoms with Crippen molar-refractivity contribution in [3.05, 3.63) is 27.8 Å². The topological polar surface area (TPSA) is 72.2 Å². The second-order valence-corrected chi connectivity index (χ2v) is 6.86. The Bertz CT molecular complexity index is 569. The second kappa shape index (κ2) is 6.89. The van der Waals surface area contributed by atoms with Crippen LogP contribution in [0.2, 0.25) is 0 Å². The number of hydrogen-bond donors (Lipinski definition) is 2. The maximum Gasteiger partial charge on any atom is 0.241 e. The maximum absolute atomic E-state index is 12.5. The lowest BCUT2D eigenvalue weighted by Crippen LogP contribution is -2.38. The molecule has 0 unspecified atom stereocenters. The number of sulfonamides is 1. The molecule has 6 heteroatoms. The summed E-state index contributed by atoms with van der Waals surface area (Å²) in [6.45, 7) is 11.7. The molecule has 0 bridgehead atoms. The van der Waals surface area contributed by atoms with Gasteiger partial charge in [0.15, 0.2) is 0 Å². The third kappa shape index (κ3) is 3.52.